The Bertz CT molecular complexity index is 1560. The molecule has 6 heteroatoms. The highest BCUT2D eigenvalue weighted by Crippen LogP contribution is 2.24. The van der Waals surface area contributed by atoms with Crippen LogP contribution < -0.4 is 10.9 Å². The van der Waals surface area contributed by atoms with E-state index in [0.717, 1.165) is 33.5 Å². The number of para-hydroxylation sites is 2. The first-order chi connectivity index (χ1) is 16.5. The van der Waals surface area contributed by atoms with Crippen LogP contribution in [-0.4, -0.2) is 20.0 Å². The molecule has 1 amide bonds. The smallest absolute Gasteiger partial charge is 0.263 e. The average Bonchev–Trinajstić information content (AvgIpc) is 3.17. The maximum absolute atomic E-state index is 12.9. The van der Waals surface area contributed by atoms with Gasteiger partial charge in [0.15, 0.2) is 0 Å². The number of aromatic nitrogens is 3. The van der Waals surface area contributed by atoms with Crippen LogP contribution in [0.5, 0.6) is 0 Å². The normalized spacial score (nSPS) is 11.0. The summed E-state index contributed by atoms with van der Waals surface area (Å²) in [5.74, 6) is 0.417. The molecule has 168 valence electrons. The summed E-state index contributed by atoms with van der Waals surface area (Å²) in [5.41, 5.74) is 5.47. The lowest BCUT2D eigenvalue weighted by Gasteiger charge is -2.10. The van der Waals surface area contributed by atoms with Gasteiger partial charge < -0.3 is 14.5 Å². The van der Waals surface area contributed by atoms with Crippen molar-refractivity contribution < 1.29 is 4.79 Å². The van der Waals surface area contributed by atoms with Crippen LogP contribution in [-0.2, 0) is 13.6 Å². The lowest BCUT2D eigenvalue weighted by Crippen LogP contribution is -2.29. The maximum atomic E-state index is 12.9. The Hall–Kier alpha value is -4.45. The summed E-state index contributed by atoms with van der Waals surface area (Å²) in [6, 6.07) is 26.7. The van der Waals surface area contributed by atoms with Gasteiger partial charge in [-0.2, -0.15) is 0 Å². The van der Waals surface area contributed by atoms with Crippen molar-refractivity contribution in [2.75, 3.05) is 5.32 Å². The van der Waals surface area contributed by atoms with E-state index in [1.807, 2.05) is 91.3 Å². The number of hydrogen-bond acceptors (Lipinski definition) is 3. The van der Waals surface area contributed by atoms with Crippen LogP contribution in [0.1, 0.15) is 21.5 Å². The number of pyridine rings is 1. The van der Waals surface area contributed by atoms with E-state index in [-0.39, 0.29) is 11.1 Å². The Morgan fingerprint density at radius 2 is 1.74 bits per heavy atom. The molecule has 0 bridgehead atoms. The number of imidazole rings is 1. The molecule has 5 rings (SSSR count). The van der Waals surface area contributed by atoms with Crippen molar-refractivity contribution in [3.63, 3.8) is 0 Å². The molecule has 0 saturated heterocycles. The van der Waals surface area contributed by atoms with Crippen molar-refractivity contribution in [3.8, 4) is 11.4 Å². The summed E-state index contributed by atoms with van der Waals surface area (Å²) < 4.78 is 3.60. The number of hydrogen-bond donors (Lipinski definition) is 1. The third kappa shape index (κ3) is 4.13. The van der Waals surface area contributed by atoms with Crippen LogP contribution in [0.25, 0.3) is 22.4 Å². The largest absolute Gasteiger partial charge is 0.327 e. The highest BCUT2D eigenvalue weighted by Gasteiger charge is 2.14. The molecule has 0 spiro atoms. The minimum atomic E-state index is -0.431. The number of carbonyl (C=O) groups is 1. The number of nitrogens with one attached hydrogen (secondary N) is 1. The fraction of sp³-hybridized carbons (Fsp3) is 0.107. The third-order valence-electron chi connectivity index (χ3n) is 5.89. The van der Waals surface area contributed by atoms with E-state index in [4.69, 9.17) is 4.98 Å². The number of amides is 1. The van der Waals surface area contributed by atoms with E-state index in [1.54, 1.807) is 22.9 Å². The molecule has 3 aromatic carbocycles. The van der Waals surface area contributed by atoms with Gasteiger partial charge in [0, 0.05) is 24.5 Å². The Balaban J connectivity index is 1.35. The van der Waals surface area contributed by atoms with Gasteiger partial charge in [0.1, 0.15) is 11.4 Å². The minimum Gasteiger partial charge on any atom is -0.327 e. The Morgan fingerprint density at radius 1 is 0.941 bits per heavy atom. The predicted molar refractivity (Wildman–Crippen MR) is 135 cm³/mol. The molecule has 0 unspecified atom stereocenters. The second-order valence-electron chi connectivity index (χ2n) is 8.36. The number of anilines is 1. The van der Waals surface area contributed by atoms with E-state index in [0.29, 0.717) is 12.2 Å². The quantitative estimate of drug-likeness (QED) is 0.411. The van der Waals surface area contributed by atoms with Gasteiger partial charge in [0.2, 0.25) is 0 Å². The zero-order valence-corrected chi connectivity index (χ0v) is 19.0. The van der Waals surface area contributed by atoms with E-state index in [1.165, 1.54) is 0 Å². The zero-order valence-electron chi connectivity index (χ0n) is 19.0. The van der Waals surface area contributed by atoms with Crippen molar-refractivity contribution in [3.05, 3.63) is 118 Å². The second-order valence-corrected chi connectivity index (χ2v) is 8.36. The second kappa shape index (κ2) is 8.83. The molecular formula is C28H24N4O2. The lowest BCUT2D eigenvalue weighted by molar-refractivity contribution is 0.102. The molecular weight excluding hydrogens is 424 g/mol. The molecule has 0 atom stereocenters. The molecule has 0 aliphatic rings. The summed E-state index contributed by atoms with van der Waals surface area (Å²) >= 11 is 0. The standard InChI is InChI=1S/C28H24N4O2/c1-19-7-5-8-20(17-19)18-32-16-6-9-23(28(32)34)27(33)29-22-14-12-21(13-15-22)26-30-24-10-3-4-11-25(24)31(26)2/h3-17H,18H2,1-2H3,(H,29,33). The van der Waals surface area contributed by atoms with Gasteiger partial charge in [0.05, 0.1) is 17.6 Å². The van der Waals surface area contributed by atoms with Crippen LogP contribution >= 0.6 is 0 Å². The molecule has 0 fully saturated rings. The Morgan fingerprint density at radius 3 is 2.50 bits per heavy atom. The highest BCUT2D eigenvalue weighted by atomic mass is 16.2. The monoisotopic (exact) mass is 448 g/mol. The average molecular weight is 449 g/mol. The van der Waals surface area contributed by atoms with Gasteiger partial charge >= 0.3 is 0 Å². The zero-order chi connectivity index (χ0) is 23.7. The fourth-order valence-electron chi connectivity index (χ4n) is 4.15. The molecule has 0 aliphatic heterocycles. The highest BCUT2D eigenvalue weighted by molar-refractivity contribution is 6.04. The molecule has 34 heavy (non-hydrogen) atoms. The number of rotatable bonds is 5. The first kappa shape index (κ1) is 21.4. The maximum Gasteiger partial charge on any atom is 0.263 e. The molecule has 2 heterocycles. The first-order valence-electron chi connectivity index (χ1n) is 11.1. The molecule has 5 aromatic rings. The van der Waals surface area contributed by atoms with Crippen LogP contribution in [0.3, 0.4) is 0 Å². The summed E-state index contributed by atoms with van der Waals surface area (Å²) in [5, 5.41) is 2.84. The van der Waals surface area contributed by atoms with Crippen molar-refractivity contribution in [1.29, 1.82) is 0 Å². The fourth-order valence-corrected chi connectivity index (χ4v) is 4.15. The van der Waals surface area contributed by atoms with Crippen molar-refractivity contribution in [1.82, 2.24) is 14.1 Å². The van der Waals surface area contributed by atoms with Gasteiger partial charge in [-0.05, 0) is 61.0 Å². The third-order valence-corrected chi connectivity index (χ3v) is 5.89. The number of fused-ring (bicyclic) bond motifs is 1. The van der Waals surface area contributed by atoms with E-state index in [9.17, 15) is 9.59 Å². The van der Waals surface area contributed by atoms with Gasteiger partial charge in [-0.25, -0.2) is 4.98 Å². The van der Waals surface area contributed by atoms with Gasteiger partial charge in [-0.3, -0.25) is 9.59 Å². The van der Waals surface area contributed by atoms with E-state index in [2.05, 4.69) is 5.32 Å². The summed E-state index contributed by atoms with van der Waals surface area (Å²) in [7, 11) is 1.98. The van der Waals surface area contributed by atoms with Crippen molar-refractivity contribution in [2.24, 2.45) is 7.05 Å². The Kier molecular flexibility index (Phi) is 5.55. The molecule has 0 saturated carbocycles. The van der Waals surface area contributed by atoms with Crippen LogP contribution in [0.15, 0.2) is 95.9 Å². The number of carbonyl (C=O) groups excluding carboxylic acids is 1. The van der Waals surface area contributed by atoms with E-state index >= 15 is 0 Å². The van der Waals surface area contributed by atoms with Crippen molar-refractivity contribution in [2.45, 2.75) is 13.5 Å². The van der Waals surface area contributed by atoms with Gasteiger partial charge in [-0.15, -0.1) is 0 Å². The topological polar surface area (TPSA) is 68.9 Å². The van der Waals surface area contributed by atoms with Gasteiger partial charge in [0.25, 0.3) is 11.5 Å². The van der Waals surface area contributed by atoms with Gasteiger partial charge in [-0.1, -0.05) is 42.0 Å². The van der Waals surface area contributed by atoms with Crippen LogP contribution in [0.4, 0.5) is 5.69 Å². The van der Waals surface area contributed by atoms with Crippen molar-refractivity contribution >= 4 is 22.6 Å². The molecule has 6 nitrogen and oxygen atoms in total. The number of benzene rings is 3. The lowest BCUT2D eigenvalue weighted by atomic mass is 10.1. The number of nitrogens with zero attached hydrogens (tertiary/aromatic N) is 3. The summed E-state index contributed by atoms with van der Waals surface area (Å²) in [6.45, 7) is 2.42. The Labute approximate surface area is 197 Å². The molecule has 0 radical (unpaired) electrons. The predicted octanol–water partition coefficient (Wildman–Crippen LogP) is 5.01. The van der Waals surface area contributed by atoms with Crippen LogP contribution in [0.2, 0.25) is 0 Å². The summed E-state index contributed by atoms with van der Waals surface area (Å²) in [4.78, 5) is 30.5. The van der Waals surface area contributed by atoms with Crippen LogP contribution in [0, 0.1) is 6.92 Å². The molecule has 0 aliphatic carbocycles. The minimum absolute atomic E-state index is 0.106. The number of aryl methyl sites for hydroxylation is 2. The molecule has 2 aromatic heterocycles. The SMILES string of the molecule is Cc1cccc(Cn2cccc(C(=O)Nc3ccc(-c4nc5ccccc5n4C)cc3)c2=O)c1. The first-order valence-corrected chi connectivity index (χ1v) is 11.1. The van der Waals surface area contributed by atoms with E-state index < -0.39 is 5.91 Å². The summed E-state index contributed by atoms with van der Waals surface area (Å²) in [6.07, 6.45) is 1.70. The molecule has 1 N–H and O–H groups in total.